The average molecular weight is 452 g/mol. The lowest BCUT2D eigenvalue weighted by atomic mass is 10.1. The number of nitrogens with one attached hydrogen (secondary N) is 1. The highest BCUT2D eigenvalue weighted by Gasteiger charge is 2.35. The molecule has 0 aliphatic carbocycles. The maximum Gasteiger partial charge on any atom is 0.422 e. The molecule has 2 amide bonds. The third kappa shape index (κ3) is 5.16. The van der Waals surface area contributed by atoms with Crippen molar-refractivity contribution in [3.8, 4) is 5.88 Å². The Morgan fingerprint density at radius 3 is 2.78 bits per heavy atom. The number of pyridine rings is 2. The predicted octanol–water partition coefficient (Wildman–Crippen LogP) is 2.56. The van der Waals surface area contributed by atoms with Crippen LogP contribution in [0.2, 0.25) is 0 Å². The van der Waals surface area contributed by atoms with Gasteiger partial charge in [-0.3, -0.25) is 14.6 Å². The summed E-state index contributed by atoms with van der Waals surface area (Å²) in [7, 11) is 0. The van der Waals surface area contributed by atoms with E-state index in [4.69, 9.17) is 9.84 Å². The molecule has 3 heterocycles. The van der Waals surface area contributed by atoms with Crippen LogP contribution in [0.15, 0.2) is 24.5 Å². The number of halogens is 3. The van der Waals surface area contributed by atoms with Crippen LogP contribution in [0, 0.1) is 6.92 Å². The summed E-state index contributed by atoms with van der Waals surface area (Å²) in [5, 5.41) is 11.5. The molecule has 1 unspecified atom stereocenters. The number of nitrogens with zero attached hydrogens (tertiary/aromatic N) is 3. The third-order valence-corrected chi connectivity index (χ3v) is 5.08. The highest BCUT2D eigenvalue weighted by Crippen LogP contribution is 2.33. The number of ether oxygens (including phenoxy) is 1. The molecule has 0 saturated heterocycles. The Hall–Kier alpha value is -3.21. The van der Waals surface area contributed by atoms with Crippen LogP contribution in [0.25, 0.3) is 0 Å². The molecule has 8 nitrogen and oxygen atoms in total. The molecular formula is C21H23F3N4O4. The summed E-state index contributed by atoms with van der Waals surface area (Å²) in [5.41, 5.74) is 2.04. The van der Waals surface area contributed by atoms with Gasteiger partial charge in [-0.25, -0.2) is 4.98 Å². The second-order valence-electron chi connectivity index (χ2n) is 7.42. The number of aliphatic hydroxyl groups is 1. The Labute approximate surface area is 182 Å². The summed E-state index contributed by atoms with van der Waals surface area (Å²) in [6.07, 6.45) is -1.30. The smallest absolute Gasteiger partial charge is 0.422 e. The largest absolute Gasteiger partial charge is 0.468 e. The molecule has 1 aliphatic rings. The number of carbonyl (C=O) groups excluding carboxylic acids is 2. The van der Waals surface area contributed by atoms with Gasteiger partial charge in [0.2, 0.25) is 5.88 Å². The van der Waals surface area contributed by atoms with Gasteiger partial charge in [0.15, 0.2) is 6.61 Å². The van der Waals surface area contributed by atoms with E-state index in [-0.39, 0.29) is 37.2 Å². The van der Waals surface area contributed by atoms with Crippen LogP contribution in [0.4, 0.5) is 13.2 Å². The van der Waals surface area contributed by atoms with Crippen LogP contribution < -0.4 is 10.1 Å². The summed E-state index contributed by atoms with van der Waals surface area (Å²) >= 11 is 0. The number of fused-ring (bicyclic) bond motifs is 1. The molecular weight excluding hydrogens is 429 g/mol. The summed E-state index contributed by atoms with van der Waals surface area (Å²) in [6.45, 7) is 2.28. The highest BCUT2D eigenvalue weighted by atomic mass is 19.4. The molecule has 0 aromatic carbocycles. The number of alkyl halides is 3. The van der Waals surface area contributed by atoms with Gasteiger partial charge >= 0.3 is 6.18 Å². The molecule has 0 saturated carbocycles. The van der Waals surface area contributed by atoms with Crippen LogP contribution in [0.3, 0.4) is 0 Å². The minimum Gasteiger partial charge on any atom is -0.468 e. The number of rotatable bonds is 8. The van der Waals surface area contributed by atoms with Gasteiger partial charge < -0.3 is 20.1 Å². The van der Waals surface area contributed by atoms with E-state index >= 15 is 0 Å². The first-order chi connectivity index (χ1) is 15.1. The van der Waals surface area contributed by atoms with Crippen molar-refractivity contribution in [3.05, 3.63) is 52.5 Å². The van der Waals surface area contributed by atoms with E-state index in [1.54, 1.807) is 30.9 Å². The summed E-state index contributed by atoms with van der Waals surface area (Å²) < 4.78 is 41.9. The van der Waals surface area contributed by atoms with E-state index < -0.39 is 24.7 Å². The molecule has 0 radical (unpaired) electrons. The van der Waals surface area contributed by atoms with Crippen molar-refractivity contribution >= 4 is 11.8 Å². The van der Waals surface area contributed by atoms with E-state index in [1.807, 2.05) is 0 Å². The highest BCUT2D eigenvalue weighted by molar-refractivity contribution is 6.03. The third-order valence-electron chi connectivity index (χ3n) is 5.08. The molecule has 2 N–H and O–H groups in total. The summed E-state index contributed by atoms with van der Waals surface area (Å²) in [5.74, 6) is -0.837. The fourth-order valence-corrected chi connectivity index (χ4v) is 3.42. The van der Waals surface area contributed by atoms with Crippen molar-refractivity contribution in [2.45, 2.75) is 39.0 Å². The van der Waals surface area contributed by atoms with Gasteiger partial charge in [-0.05, 0) is 38.0 Å². The van der Waals surface area contributed by atoms with Crippen molar-refractivity contribution < 1.29 is 32.6 Å². The molecule has 2 aromatic heterocycles. The Kier molecular flexibility index (Phi) is 6.97. The number of amides is 2. The van der Waals surface area contributed by atoms with Crippen LogP contribution in [0.5, 0.6) is 5.88 Å². The number of carbonyl (C=O) groups is 2. The maximum absolute atomic E-state index is 13.0. The van der Waals surface area contributed by atoms with Crippen molar-refractivity contribution in [2.24, 2.45) is 0 Å². The predicted molar refractivity (Wildman–Crippen MR) is 107 cm³/mol. The Morgan fingerprint density at radius 2 is 2.12 bits per heavy atom. The first-order valence-corrected chi connectivity index (χ1v) is 9.96. The number of aryl methyl sites for hydroxylation is 1. The van der Waals surface area contributed by atoms with Crippen molar-refractivity contribution in [1.82, 2.24) is 20.2 Å². The van der Waals surface area contributed by atoms with E-state index in [1.165, 1.54) is 12.4 Å². The minimum atomic E-state index is -4.47. The van der Waals surface area contributed by atoms with E-state index in [9.17, 15) is 22.8 Å². The Bertz CT molecular complexity index is 1010. The maximum atomic E-state index is 13.0. The van der Waals surface area contributed by atoms with E-state index in [2.05, 4.69) is 15.3 Å². The second kappa shape index (κ2) is 9.51. The topological polar surface area (TPSA) is 105 Å². The Balaban J connectivity index is 1.77. The van der Waals surface area contributed by atoms with Gasteiger partial charge in [-0.1, -0.05) is 0 Å². The monoisotopic (exact) mass is 452 g/mol. The molecule has 0 bridgehead atoms. The van der Waals surface area contributed by atoms with Crippen LogP contribution in [0.1, 0.15) is 56.9 Å². The quantitative estimate of drug-likeness (QED) is 0.597. The molecule has 1 atom stereocenters. The standard InChI is InChI=1S/C21H23F3N4O4/c1-12-8-14(9-27-19(12)32-11-21(22,23)24)13(2)28-10-16-15(20(28)31)4-6-25-17(16)18(30)26-5-3-7-29/h4,6,8-9,13,29H,3,5,7,10-11H2,1-2H3,(H,26,30). The fraction of sp³-hybridized carbons (Fsp3) is 0.429. The lowest BCUT2D eigenvalue weighted by molar-refractivity contribution is -0.154. The molecule has 3 rings (SSSR count). The molecule has 32 heavy (non-hydrogen) atoms. The SMILES string of the molecule is Cc1cc(C(C)N2Cc3c(ccnc3C(=O)NCCCO)C2=O)cnc1OCC(F)(F)F. The molecule has 0 spiro atoms. The van der Waals surface area contributed by atoms with Gasteiger partial charge in [0.25, 0.3) is 11.8 Å². The molecule has 11 heteroatoms. The van der Waals surface area contributed by atoms with Gasteiger partial charge in [-0.2, -0.15) is 13.2 Å². The van der Waals surface area contributed by atoms with Gasteiger partial charge in [-0.15, -0.1) is 0 Å². The Morgan fingerprint density at radius 1 is 1.38 bits per heavy atom. The molecule has 1 aliphatic heterocycles. The van der Waals surface area contributed by atoms with Gasteiger partial charge in [0.1, 0.15) is 5.69 Å². The summed E-state index contributed by atoms with van der Waals surface area (Å²) in [4.78, 5) is 35.1. The van der Waals surface area contributed by atoms with Crippen LogP contribution >= 0.6 is 0 Å². The van der Waals surface area contributed by atoms with Crippen LogP contribution in [-0.2, 0) is 6.54 Å². The molecule has 2 aromatic rings. The zero-order valence-electron chi connectivity index (χ0n) is 17.6. The van der Waals surface area contributed by atoms with Crippen molar-refractivity contribution in [1.29, 1.82) is 0 Å². The first-order valence-electron chi connectivity index (χ1n) is 9.96. The average Bonchev–Trinajstić information content (AvgIpc) is 3.08. The number of aliphatic hydroxyl groups excluding tert-OH is 1. The van der Waals surface area contributed by atoms with Crippen molar-refractivity contribution in [3.63, 3.8) is 0 Å². The molecule has 172 valence electrons. The van der Waals surface area contributed by atoms with Crippen molar-refractivity contribution in [2.75, 3.05) is 19.8 Å². The van der Waals surface area contributed by atoms with E-state index in [0.29, 0.717) is 28.7 Å². The zero-order valence-corrected chi connectivity index (χ0v) is 17.6. The van der Waals surface area contributed by atoms with Crippen LogP contribution in [-0.4, -0.2) is 57.7 Å². The van der Waals surface area contributed by atoms with Gasteiger partial charge in [0.05, 0.1) is 6.04 Å². The summed E-state index contributed by atoms with van der Waals surface area (Å²) in [6, 6.07) is 2.72. The molecule has 0 fully saturated rings. The lowest BCUT2D eigenvalue weighted by Crippen LogP contribution is -2.28. The minimum absolute atomic E-state index is 0.0577. The lowest BCUT2D eigenvalue weighted by Gasteiger charge is -2.25. The number of hydrogen-bond acceptors (Lipinski definition) is 6. The fourth-order valence-electron chi connectivity index (χ4n) is 3.42. The number of aromatic nitrogens is 2. The first kappa shape index (κ1) is 23.5. The second-order valence-corrected chi connectivity index (χ2v) is 7.42. The normalized spacial score (nSPS) is 14.3. The number of hydrogen-bond donors (Lipinski definition) is 2. The van der Waals surface area contributed by atoms with E-state index in [0.717, 1.165) is 0 Å². The zero-order chi connectivity index (χ0) is 23.5. The van der Waals surface area contributed by atoms with Gasteiger partial charge in [0, 0.05) is 48.8 Å².